The molecular formula is C19H25N3O3S. The van der Waals surface area contributed by atoms with E-state index in [0.29, 0.717) is 12.2 Å². The predicted molar refractivity (Wildman–Crippen MR) is 101 cm³/mol. The highest BCUT2D eigenvalue weighted by molar-refractivity contribution is 7.89. The van der Waals surface area contributed by atoms with Crippen LogP contribution in [0.5, 0.6) is 0 Å². The molecule has 1 N–H and O–H groups in total. The van der Waals surface area contributed by atoms with Crippen molar-refractivity contribution >= 4 is 21.6 Å². The third-order valence-corrected chi connectivity index (χ3v) is 6.49. The van der Waals surface area contributed by atoms with Crippen molar-refractivity contribution in [3.8, 4) is 0 Å². The van der Waals surface area contributed by atoms with Crippen LogP contribution < -0.4 is 5.32 Å². The van der Waals surface area contributed by atoms with Crippen LogP contribution in [0.1, 0.15) is 32.4 Å². The zero-order chi connectivity index (χ0) is 18.9. The maximum Gasteiger partial charge on any atom is 0.243 e. The second-order valence-electron chi connectivity index (χ2n) is 7.06. The minimum atomic E-state index is -3.58. The fourth-order valence-electron chi connectivity index (χ4n) is 2.73. The Bertz CT molecular complexity index is 881. The van der Waals surface area contributed by atoms with Gasteiger partial charge >= 0.3 is 0 Å². The summed E-state index contributed by atoms with van der Waals surface area (Å²) >= 11 is 0. The number of carbonyl (C=O) groups is 1. The number of hydrogen-bond acceptors (Lipinski definition) is 3. The summed E-state index contributed by atoms with van der Waals surface area (Å²) in [5.41, 5.74) is 1.56. The highest BCUT2D eigenvalue weighted by Gasteiger charge is 2.38. The van der Waals surface area contributed by atoms with Gasteiger partial charge in [0, 0.05) is 36.6 Å². The number of nitrogens with zero attached hydrogens (tertiary/aromatic N) is 2. The lowest BCUT2D eigenvalue weighted by molar-refractivity contribution is -0.118. The fraction of sp³-hybridized carbons (Fsp3) is 0.421. The summed E-state index contributed by atoms with van der Waals surface area (Å²) in [7, 11) is -1.67. The van der Waals surface area contributed by atoms with E-state index in [9.17, 15) is 13.2 Å². The second kappa shape index (κ2) is 7.25. The van der Waals surface area contributed by atoms with Crippen LogP contribution in [0, 0.1) is 5.92 Å². The van der Waals surface area contributed by atoms with Gasteiger partial charge in [0.15, 0.2) is 0 Å². The normalized spacial score (nSPS) is 14.8. The largest absolute Gasteiger partial charge is 0.353 e. The SMILES string of the molecule is CC(C)C(=O)Nc1ccc(S(=O)(=O)N(Cc2cccn2C)C2CC2)cc1. The van der Waals surface area contributed by atoms with Gasteiger partial charge in [0.05, 0.1) is 11.4 Å². The first-order chi connectivity index (χ1) is 12.3. The summed E-state index contributed by atoms with van der Waals surface area (Å²) in [5, 5.41) is 2.78. The van der Waals surface area contributed by atoms with Gasteiger partial charge in [-0.3, -0.25) is 4.79 Å². The van der Waals surface area contributed by atoms with E-state index < -0.39 is 10.0 Å². The molecule has 1 fully saturated rings. The summed E-state index contributed by atoms with van der Waals surface area (Å²) in [6.07, 6.45) is 3.71. The molecule has 1 aliphatic rings. The molecule has 1 aliphatic carbocycles. The van der Waals surface area contributed by atoms with Gasteiger partial charge in [-0.05, 0) is 49.2 Å². The van der Waals surface area contributed by atoms with Crippen LogP contribution in [0.4, 0.5) is 5.69 Å². The molecule has 0 atom stereocenters. The molecule has 140 valence electrons. The average molecular weight is 375 g/mol. The number of amides is 1. The molecule has 1 heterocycles. The zero-order valence-electron chi connectivity index (χ0n) is 15.3. The Hall–Kier alpha value is -2.12. The quantitative estimate of drug-likeness (QED) is 0.809. The number of hydrogen-bond donors (Lipinski definition) is 1. The highest BCUT2D eigenvalue weighted by atomic mass is 32.2. The van der Waals surface area contributed by atoms with Crippen molar-refractivity contribution in [2.45, 2.75) is 44.2 Å². The maximum atomic E-state index is 13.1. The van der Waals surface area contributed by atoms with E-state index in [4.69, 9.17) is 0 Å². The summed E-state index contributed by atoms with van der Waals surface area (Å²) < 4.78 is 29.8. The van der Waals surface area contributed by atoms with Crippen LogP contribution >= 0.6 is 0 Å². The van der Waals surface area contributed by atoms with Gasteiger partial charge < -0.3 is 9.88 Å². The molecule has 7 heteroatoms. The van der Waals surface area contributed by atoms with Crippen LogP contribution in [0.15, 0.2) is 47.5 Å². The lowest BCUT2D eigenvalue weighted by Crippen LogP contribution is -2.33. The van der Waals surface area contributed by atoms with Crippen LogP contribution in [0.25, 0.3) is 0 Å². The van der Waals surface area contributed by atoms with Gasteiger partial charge in [0.1, 0.15) is 0 Å². The molecule has 2 aromatic rings. The van der Waals surface area contributed by atoms with E-state index >= 15 is 0 Å². The second-order valence-corrected chi connectivity index (χ2v) is 8.95. The van der Waals surface area contributed by atoms with Gasteiger partial charge in [0.2, 0.25) is 15.9 Å². The standard InChI is InChI=1S/C19H25N3O3S/c1-14(2)19(23)20-15-6-10-18(11-7-15)26(24,25)22(16-8-9-16)13-17-5-4-12-21(17)3/h4-7,10-12,14,16H,8-9,13H2,1-3H3,(H,20,23). The molecular weight excluding hydrogens is 350 g/mol. The van der Waals surface area contributed by atoms with Gasteiger partial charge in [-0.2, -0.15) is 4.31 Å². The Morgan fingerprint density at radius 1 is 1.23 bits per heavy atom. The summed E-state index contributed by atoms with van der Waals surface area (Å²) in [6, 6.07) is 10.3. The van der Waals surface area contributed by atoms with Crippen molar-refractivity contribution in [1.29, 1.82) is 0 Å². The Kier molecular flexibility index (Phi) is 5.20. The van der Waals surface area contributed by atoms with Gasteiger partial charge in [-0.25, -0.2) is 8.42 Å². The molecule has 0 saturated heterocycles. The summed E-state index contributed by atoms with van der Waals surface area (Å²) in [5.74, 6) is -0.224. The third-order valence-electron chi connectivity index (χ3n) is 4.58. The minimum absolute atomic E-state index is 0.0650. The lowest BCUT2D eigenvalue weighted by atomic mass is 10.2. The topological polar surface area (TPSA) is 71.4 Å². The minimum Gasteiger partial charge on any atom is -0.353 e. The number of rotatable bonds is 7. The maximum absolute atomic E-state index is 13.1. The molecule has 0 spiro atoms. The molecule has 1 saturated carbocycles. The summed E-state index contributed by atoms with van der Waals surface area (Å²) in [6.45, 7) is 3.98. The van der Waals surface area contributed by atoms with Crippen molar-refractivity contribution in [3.63, 3.8) is 0 Å². The molecule has 3 rings (SSSR count). The third kappa shape index (κ3) is 3.99. The Balaban J connectivity index is 1.81. The highest BCUT2D eigenvalue weighted by Crippen LogP contribution is 2.33. The molecule has 1 amide bonds. The van der Waals surface area contributed by atoms with E-state index in [1.807, 2.05) is 43.8 Å². The van der Waals surface area contributed by atoms with E-state index in [1.54, 1.807) is 28.6 Å². The number of carbonyl (C=O) groups excluding carboxylic acids is 1. The summed E-state index contributed by atoms with van der Waals surface area (Å²) in [4.78, 5) is 12.0. The van der Waals surface area contributed by atoms with Crippen molar-refractivity contribution in [2.24, 2.45) is 13.0 Å². The molecule has 1 aromatic heterocycles. The molecule has 0 radical (unpaired) electrons. The molecule has 0 unspecified atom stereocenters. The van der Waals surface area contributed by atoms with E-state index in [0.717, 1.165) is 18.5 Å². The number of sulfonamides is 1. The Morgan fingerprint density at radius 2 is 1.88 bits per heavy atom. The first-order valence-corrected chi connectivity index (χ1v) is 10.3. The predicted octanol–water partition coefficient (Wildman–Crippen LogP) is 2.97. The number of benzene rings is 1. The zero-order valence-corrected chi connectivity index (χ0v) is 16.2. The number of aromatic nitrogens is 1. The van der Waals surface area contributed by atoms with Crippen LogP contribution in [0.2, 0.25) is 0 Å². The van der Waals surface area contributed by atoms with Crippen molar-refractivity contribution in [1.82, 2.24) is 8.87 Å². The van der Waals surface area contributed by atoms with Gasteiger partial charge in [-0.1, -0.05) is 13.8 Å². The molecule has 0 aliphatic heterocycles. The Morgan fingerprint density at radius 3 is 2.38 bits per heavy atom. The van der Waals surface area contributed by atoms with Crippen LogP contribution in [0.3, 0.4) is 0 Å². The van der Waals surface area contributed by atoms with Crippen molar-refractivity contribution in [2.75, 3.05) is 5.32 Å². The Labute approximate surface area is 154 Å². The lowest BCUT2D eigenvalue weighted by Gasteiger charge is -2.22. The monoisotopic (exact) mass is 375 g/mol. The fourth-order valence-corrected chi connectivity index (χ4v) is 4.38. The number of nitrogens with one attached hydrogen (secondary N) is 1. The number of anilines is 1. The van der Waals surface area contributed by atoms with E-state index in [1.165, 1.54) is 0 Å². The van der Waals surface area contributed by atoms with E-state index in [2.05, 4.69) is 5.32 Å². The van der Waals surface area contributed by atoms with Crippen LogP contribution in [-0.2, 0) is 28.4 Å². The van der Waals surface area contributed by atoms with E-state index in [-0.39, 0.29) is 22.8 Å². The van der Waals surface area contributed by atoms with Gasteiger partial charge in [-0.15, -0.1) is 0 Å². The van der Waals surface area contributed by atoms with Crippen molar-refractivity contribution < 1.29 is 13.2 Å². The average Bonchev–Trinajstić information content (AvgIpc) is 3.35. The van der Waals surface area contributed by atoms with Crippen LogP contribution in [-0.4, -0.2) is 29.2 Å². The van der Waals surface area contributed by atoms with Crippen molar-refractivity contribution in [3.05, 3.63) is 48.3 Å². The molecule has 1 aromatic carbocycles. The molecule has 26 heavy (non-hydrogen) atoms. The van der Waals surface area contributed by atoms with Gasteiger partial charge in [0.25, 0.3) is 0 Å². The number of aryl methyl sites for hydroxylation is 1. The first kappa shape index (κ1) is 18.7. The first-order valence-electron chi connectivity index (χ1n) is 8.82. The molecule has 0 bridgehead atoms. The molecule has 6 nitrogen and oxygen atoms in total. The smallest absolute Gasteiger partial charge is 0.243 e.